The predicted octanol–water partition coefficient (Wildman–Crippen LogP) is 21.0. The van der Waals surface area contributed by atoms with Gasteiger partial charge in [0, 0.05) is 97.3 Å². The molecule has 0 fully saturated rings. The third kappa shape index (κ3) is 30.0. The number of hydrogen-bond donors (Lipinski definition) is 0. The smallest absolute Gasteiger partial charge is 0.306 e. The Morgan fingerprint density at radius 3 is 0.708 bits per heavy atom. The van der Waals surface area contributed by atoms with E-state index in [1.807, 2.05) is 72.9 Å². The average molecular weight is 1400 g/mol. The van der Waals surface area contributed by atoms with Gasteiger partial charge in [-0.2, -0.15) is 0 Å². The molecule has 96 heavy (non-hydrogen) atoms. The zero-order valence-electron chi connectivity index (χ0n) is 57.7. The summed E-state index contributed by atoms with van der Waals surface area (Å²) in [6.07, 6.45) is 52.7. The van der Waals surface area contributed by atoms with Crippen molar-refractivity contribution in [1.29, 1.82) is 0 Å². The van der Waals surface area contributed by atoms with E-state index in [0.29, 0.717) is 151 Å². The molecule has 1 aliphatic heterocycles. The Bertz CT molecular complexity index is 2570. The summed E-state index contributed by atoms with van der Waals surface area (Å²) in [4.78, 5) is 107. The van der Waals surface area contributed by atoms with Gasteiger partial charge < -0.3 is 18.9 Å². The Hall–Kier alpha value is -5.40. The molecule has 16 heteroatoms. The van der Waals surface area contributed by atoms with E-state index in [1.165, 1.54) is 0 Å². The topological polar surface area (TPSA) is 173 Å². The van der Waals surface area contributed by atoms with Gasteiger partial charge in [-0.1, -0.05) is 223 Å². The summed E-state index contributed by atoms with van der Waals surface area (Å²) >= 11 is 25.8. The number of carbonyl (C=O) groups is 8. The highest BCUT2D eigenvalue weighted by atomic mass is 35.5. The molecule has 8 atom stereocenters. The Labute approximate surface area is 593 Å². The van der Waals surface area contributed by atoms with Gasteiger partial charge in [0.2, 0.25) is 0 Å². The SMILES string of the molecule is CCCCC[C@H]1CC=C2C(=O)C(Cl)=C[C@@H]2CC=CCCCC(=O)O[C@@H](CCCCC)CC=C2C(=O)C(Cl)=C[C@@H]2CC=CCCCC(=O)O[C@@H](CCCCC)CC=C2C(=O)C(Cl)=C[C@@H]2CC=CCCCC(=O)O[C@@H](CCCCC)CC=C2C(=O)C(Cl)=C[C@@H]2CC=CCCCC(=O)O1. The van der Waals surface area contributed by atoms with E-state index < -0.39 is 24.4 Å². The lowest BCUT2D eigenvalue weighted by molar-refractivity contribution is -0.150. The fourth-order valence-corrected chi connectivity index (χ4v) is 13.7. The van der Waals surface area contributed by atoms with Crippen LogP contribution in [0.4, 0.5) is 0 Å². The third-order valence-corrected chi connectivity index (χ3v) is 19.4. The minimum absolute atomic E-state index is 0.173. The van der Waals surface area contributed by atoms with Crippen molar-refractivity contribution in [3.05, 3.63) is 140 Å². The summed E-state index contributed by atoms with van der Waals surface area (Å²) in [5, 5.41) is 0.693. The third-order valence-electron chi connectivity index (χ3n) is 18.3. The summed E-state index contributed by atoms with van der Waals surface area (Å²) in [6.45, 7) is 8.48. The molecule has 0 bridgehead atoms. The number of cyclic esters (lactones) is 4. The van der Waals surface area contributed by atoms with Crippen molar-refractivity contribution in [3.63, 3.8) is 0 Å². The van der Waals surface area contributed by atoms with Crippen molar-refractivity contribution in [1.82, 2.24) is 0 Å². The molecule has 0 aromatic rings. The normalized spacial score (nSPS) is 25.8. The second-order valence-corrected chi connectivity index (χ2v) is 27.8. The monoisotopic (exact) mass is 1400 g/mol. The Balaban J connectivity index is 1.28. The van der Waals surface area contributed by atoms with Crippen LogP contribution in [0.2, 0.25) is 0 Å². The van der Waals surface area contributed by atoms with E-state index in [9.17, 15) is 38.4 Å². The molecule has 0 radical (unpaired) electrons. The molecule has 0 saturated carbocycles. The van der Waals surface area contributed by atoms with E-state index >= 15 is 0 Å². The first-order valence-electron chi connectivity index (χ1n) is 36.3. The standard InChI is InChI=1S/C80H108Cl4O12/c1-5-9-21-37-61-45-49-65-57(53-69(81)77(65)89)33-25-14-18-30-42-74(86)94-63(39-23-11-7-3)47-51-67-59(55-71(83)79(67)91)35-27-16-20-32-44-76(88)96-64(40-24-12-8-4)48-52-68-60(56-72(84)80(68)92)36-28-15-19-31-43-75(87)95-62(38-22-10-6-2)46-50-66-58(54-70(82)78(66)90)34-26-13-17-29-41-73(85)93-61/h13-16,25-28,49-64H,5-12,17-24,29-48H2,1-4H3/t57-,58-,59-,60-,61-,62-,63-,64-/m0/s1. The zero-order chi connectivity index (χ0) is 69.5. The first-order valence-corrected chi connectivity index (χ1v) is 37.8. The molecular weight excluding hydrogens is 1290 g/mol. The van der Waals surface area contributed by atoms with Gasteiger partial charge in [-0.05, 0) is 128 Å². The highest BCUT2D eigenvalue weighted by Gasteiger charge is 2.33. The van der Waals surface area contributed by atoms with Gasteiger partial charge in [-0.15, -0.1) is 0 Å². The van der Waals surface area contributed by atoms with Crippen LogP contribution in [0.15, 0.2) is 140 Å². The summed E-state index contributed by atoms with van der Waals surface area (Å²) in [6, 6.07) is 0. The molecule has 0 saturated heterocycles. The molecule has 0 aromatic heterocycles. The summed E-state index contributed by atoms with van der Waals surface area (Å²) in [7, 11) is 0. The van der Waals surface area contributed by atoms with E-state index in [4.69, 9.17) is 65.4 Å². The van der Waals surface area contributed by atoms with Gasteiger partial charge >= 0.3 is 23.9 Å². The van der Waals surface area contributed by atoms with Crippen molar-refractivity contribution in [2.45, 2.75) is 283 Å². The lowest BCUT2D eigenvalue weighted by Gasteiger charge is -2.18. The molecule has 5 rings (SSSR count). The maximum absolute atomic E-state index is 13.3. The average Bonchev–Trinajstić information content (AvgIpc) is 1.79. The zero-order valence-corrected chi connectivity index (χ0v) is 60.7. The second kappa shape index (κ2) is 46.8. The number of Topliss-reactive ketones (excluding diaryl/α,β-unsaturated/α-hetero) is 4. The lowest BCUT2D eigenvalue weighted by Crippen LogP contribution is -2.18. The van der Waals surface area contributed by atoms with Crippen LogP contribution in [0.5, 0.6) is 0 Å². The first-order chi connectivity index (χ1) is 46.5. The second-order valence-electron chi connectivity index (χ2n) is 26.2. The number of fused-ring (bicyclic) bond motifs is 4. The van der Waals surface area contributed by atoms with Crippen LogP contribution in [-0.2, 0) is 57.3 Å². The number of unbranched alkanes of at least 4 members (excludes halogenated alkanes) is 8. The maximum Gasteiger partial charge on any atom is 0.306 e. The fourth-order valence-electron chi connectivity index (χ4n) is 12.7. The van der Waals surface area contributed by atoms with Crippen LogP contribution in [0.1, 0.15) is 259 Å². The minimum atomic E-state index is -0.396. The minimum Gasteiger partial charge on any atom is -0.462 e. The number of carbonyl (C=O) groups excluding carboxylic acids is 8. The number of esters is 4. The van der Waals surface area contributed by atoms with Gasteiger partial charge in [0.25, 0.3) is 0 Å². The predicted molar refractivity (Wildman–Crippen MR) is 387 cm³/mol. The Morgan fingerprint density at radius 1 is 0.302 bits per heavy atom. The van der Waals surface area contributed by atoms with Gasteiger partial charge in [-0.25, -0.2) is 0 Å². The van der Waals surface area contributed by atoms with Gasteiger partial charge in [-0.3, -0.25) is 38.4 Å². The largest absolute Gasteiger partial charge is 0.462 e. The van der Waals surface area contributed by atoms with Gasteiger partial charge in [0.15, 0.2) is 23.1 Å². The highest BCUT2D eigenvalue weighted by Crippen LogP contribution is 2.37. The van der Waals surface area contributed by atoms with Gasteiger partial charge in [0.1, 0.15) is 24.4 Å². The van der Waals surface area contributed by atoms with Crippen molar-refractivity contribution >= 4 is 93.4 Å². The number of ketones is 4. The molecule has 528 valence electrons. The van der Waals surface area contributed by atoms with Crippen LogP contribution < -0.4 is 0 Å². The fraction of sp³-hybridized carbons (Fsp3) is 0.600. The Morgan fingerprint density at radius 2 is 0.510 bits per heavy atom. The quantitative estimate of drug-likeness (QED) is 0.0620. The number of hydrogen-bond acceptors (Lipinski definition) is 12. The molecule has 0 aromatic carbocycles. The number of ether oxygens (including phenoxy) is 4. The number of rotatable bonds is 16. The van der Waals surface area contributed by atoms with E-state index in [1.54, 1.807) is 24.3 Å². The lowest BCUT2D eigenvalue weighted by atomic mass is 9.95. The molecule has 5 aliphatic rings. The van der Waals surface area contributed by atoms with E-state index in [2.05, 4.69) is 27.7 Å². The molecule has 0 amide bonds. The Kier molecular flexibility index (Phi) is 39.6. The molecule has 12 nitrogen and oxygen atoms in total. The molecule has 0 spiro atoms. The van der Waals surface area contributed by atoms with E-state index in [-0.39, 0.29) is 116 Å². The van der Waals surface area contributed by atoms with Crippen LogP contribution in [0.3, 0.4) is 0 Å². The maximum atomic E-state index is 13.3. The van der Waals surface area contributed by atoms with Crippen LogP contribution >= 0.6 is 46.4 Å². The molecule has 0 unspecified atom stereocenters. The highest BCUT2D eigenvalue weighted by molar-refractivity contribution is 6.47. The van der Waals surface area contributed by atoms with Crippen LogP contribution in [-0.4, -0.2) is 71.4 Å². The molecule has 4 aliphatic carbocycles. The van der Waals surface area contributed by atoms with Crippen molar-refractivity contribution in [3.8, 4) is 0 Å². The van der Waals surface area contributed by atoms with Gasteiger partial charge in [0.05, 0.1) is 20.1 Å². The van der Waals surface area contributed by atoms with E-state index in [0.717, 1.165) is 77.0 Å². The molecule has 0 N–H and O–H groups in total. The summed E-state index contributed by atoms with van der Waals surface area (Å²) in [5.41, 5.74) is 2.35. The number of allylic oxidation sites excluding steroid dienone is 20. The van der Waals surface area contributed by atoms with Crippen LogP contribution in [0.25, 0.3) is 0 Å². The molecule has 1 heterocycles. The van der Waals surface area contributed by atoms with Crippen molar-refractivity contribution < 1.29 is 57.3 Å². The summed E-state index contributed by atoms with van der Waals surface area (Å²) < 4.78 is 24.2. The molecular formula is C80H108Cl4O12. The number of halogens is 4. The summed E-state index contributed by atoms with van der Waals surface area (Å²) in [5.74, 6) is -3.01. The van der Waals surface area contributed by atoms with Crippen molar-refractivity contribution in [2.75, 3.05) is 0 Å². The van der Waals surface area contributed by atoms with Crippen LogP contribution in [0, 0.1) is 23.7 Å². The first kappa shape index (κ1) is 81.3. The van der Waals surface area contributed by atoms with Crippen molar-refractivity contribution in [2.24, 2.45) is 23.7 Å².